The molecule has 9 heteroatoms. The third kappa shape index (κ3) is 5.72. The van der Waals surface area contributed by atoms with Crippen molar-refractivity contribution in [3.8, 4) is 0 Å². The molecule has 2 saturated heterocycles. The third-order valence-corrected chi connectivity index (χ3v) is 6.70. The molecule has 0 saturated carbocycles. The highest BCUT2D eigenvalue weighted by atomic mass is 32.1. The molecule has 0 bridgehead atoms. The van der Waals surface area contributed by atoms with Crippen molar-refractivity contribution in [3.05, 3.63) is 44.0 Å². The van der Waals surface area contributed by atoms with Gasteiger partial charge in [0.25, 0.3) is 5.56 Å². The maximum atomic E-state index is 13.1. The van der Waals surface area contributed by atoms with Gasteiger partial charge in [-0.05, 0) is 37.6 Å². The van der Waals surface area contributed by atoms with E-state index >= 15 is 0 Å². The summed E-state index contributed by atoms with van der Waals surface area (Å²) in [6.45, 7) is 6.46. The maximum Gasteiger partial charge on any atom is 0.255 e. The van der Waals surface area contributed by atoms with Crippen molar-refractivity contribution in [2.45, 2.75) is 45.3 Å². The van der Waals surface area contributed by atoms with Crippen LogP contribution in [0.5, 0.6) is 0 Å². The van der Waals surface area contributed by atoms with Gasteiger partial charge in [0.2, 0.25) is 11.9 Å². The van der Waals surface area contributed by atoms with Crippen LogP contribution in [-0.2, 0) is 27.2 Å². The number of ether oxygens (including phenoxy) is 2. The van der Waals surface area contributed by atoms with E-state index in [0.717, 1.165) is 24.3 Å². The first-order valence-corrected chi connectivity index (χ1v) is 11.8. The maximum absolute atomic E-state index is 13.1. The predicted octanol–water partition coefficient (Wildman–Crippen LogP) is 2.12. The summed E-state index contributed by atoms with van der Waals surface area (Å²) in [6, 6.07) is 4.04. The first-order valence-electron chi connectivity index (χ1n) is 10.9. The first-order chi connectivity index (χ1) is 15.1. The molecule has 2 aliphatic rings. The van der Waals surface area contributed by atoms with E-state index < -0.39 is 0 Å². The topological polar surface area (TPSA) is 87.8 Å². The predicted molar refractivity (Wildman–Crippen MR) is 120 cm³/mol. The van der Waals surface area contributed by atoms with Crippen molar-refractivity contribution >= 4 is 23.2 Å². The minimum atomic E-state index is -0.161. The molecule has 4 rings (SSSR count). The largest absolute Gasteiger partial charge is 0.378 e. The number of carbonyl (C=O) groups excluding carboxylic acids is 1. The minimum Gasteiger partial charge on any atom is -0.378 e. The van der Waals surface area contributed by atoms with E-state index in [1.807, 2.05) is 34.2 Å². The van der Waals surface area contributed by atoms with Crippen LogP contribution >= 0.6 is 11.3 Å². The quantitative estimate of drug-likeness (QED) is 0.668. The lowest BCUT2D eigenvalue weighted by atomic mass is 10.1. The fourth-order valence-electron chi connectivity index (χ4n) is 4.08. The fraction of sp³-hybridized carbons (Fsp3) is 0.591. The van der Waals surface area contributed by atoms with Crippen LogP contribution in [0.4, 0.5) is 5.95 Å². The Morgan fingerprint density at radius 2 is 2.19 bits per heavy atom. The van der Waals surface area contributed by atoms with Crippen molar-refractivity contribution in [2.75, 3.05) is 44.4 Å². The zero-order valence-corrected chi connectivity index (χ0v) is 18.8. The van der Waals surface area contributed by atoms with Gasteiger partial charge in [0.1, 0.15) is 0 Å². The number of aromatic amines is 1. The third-order valence-electron chi connectivity index (χ3n) is 5.84. The number of aromatic nitrogens is 2. The Balaban J connectivity index is 1.42. The van der Waals surface area contributed by atoms with Gasteiger partial charge in [-0.1, -0.05) is 6.07 Å². The van der Waals surface area contributed by atoms with Gasteiger partial charge in [0.15, 0.2) is 0 Å². The van der Waals surface area contributed by atoms with Crippen LogP contribution in [0, 0.1) is 6.92 Å². The lowest BCUT2D eigenvalue weighted by molar-refractivity contribution is -0.133. The Kier molecular flexibility index (Phi) is 7.37. The molecule has 0 spiro atoms. The Morgan fingerprint density at radius 1 is 1.35 bits per heavy atom. The van der Waals surface area contributed by atoms with E-state index in [0.29, 0.717) is 63.0 Å². The summed E-state index contributed by atoms with van der Waals surface area (Å²) in [7, 11) is 0. The molecule has 0 aliphatic carbocycles. The summed E-state index contributed by atoms with van der Waals surface area (Å²) in [5.41, 5.74) is 1.10. The number of amides is 1. The highest BCUT2D eigenvalue weighted by Gasteiger charge is 2.24. The fourth-order valence-corrected chi connectivity index (χ4v) is 4.80. The Morgan fingerprint density at radius 3 is 2.87 bits per heavy atom. The number of aryl methyl sites for hydroxylation is 1. The average Bonchev–Trinajstić information content (AvgIpc) is 3.47. The van der Waals surface area contributed by atoms with Crippen LogP contribution in [0.25, 0.3) is 0 Å². The van der Waals surface area contributed by atoms with E-state index in [-0.39, 0.29) is 24.0 Å². The molecule has 8 nitrogen and oxygen atoms in total. The van der Waals surface area contributed by atoms with Crippen LogP contribution < -0.4 is 10.5 Å². The van der Waals surface area contributed by atoms with Crippen molar-refractivity contribution in [2.24, 2.45) is 0 Å². The molecule has 4 heterocycles. The Bertz CT molecular complexity index is 918. The van der Waals surface area contributed by atoms with Crippen LogP contribution in [0.2, 0.25) is 0 Å². The number of morpholine rings is 1. The summed E-state index contributed by atoms with van der Waals surface area (Å²) in [5.74, 6) is 0.624. The van der Waals surface area contributed by atoms with Crippen molar-refractivity contribution in [1.82, 2.24) is 14.9 Å². The highest BCUT2D eigenvalue weighted by Crippen LogP contribution is 2.19. The molecule has 2 fully saturated rings. The van der Waals surface area contributed by atoms with Crippen LogP contribution in [0.15, 0.2) is 22.3 Å². The highest BCUT2D eigenvalue weighted by molar-refractivity contribution is 7.09. The normalized spacial score (nSPS) is 19.0. The van der Waals surface area contributed by atoms with Gasteiger partial charge in [-0.2, -0.15) is 0 Å². The summed E-state index contributed by atoms with van der Waals surface area (Å²) < 4.78 is 11.1. The molecule has 0 radical (unpaired) electrons. The van der Waals surface area contributed by atoms with Crippen LogP contribution in [0.3, 0.4) is 0 Å². The van der Waals surface area contributed by atoms with Gasteiger partial charge < -0.3 is 19.3 Å². The van der Waals surface area contributed by atoms with E-state index in [4.69, 9.17) is 9.47 Å². The molecule has 1 unspecified atom stereocenters. The Hall–Kier alpha value is -2.23. The monoisotopic (exact) mass is 446 g/mol. The smallest absolute Gasteiger partial charge is 0.255 e. The number of nitrogens with zero attached hydrogens (tertiary/aromatic N) is 3. The second-order valence-corrected chi connectivity index (χ2v) is 9.07. The molecule has 1 atom stereocenters. The lowest BCUT2D eigenvalue weighted by Gasteiger charge is -2.27. The van der Waals surface area contributed by atoms with Crippen molar-refractivity contribution in [3.63, 3.8) is 0 Å². The first kappa shape index (κ1) is 22.0. The van der Waals surface area contributed by atoms with E-state index in [1.165, 1.54) is 0 Å². The molecule has 2 aromatic rings. The van der Waals surface area contributed by atoms with E-state index in [2.05, 4.69) is 9.97 Å². The van der Waals surface area contributed by atoms with Crippen molar-refractivity contribution in [1.29, 1.82) is 0 Å². The SMILES string of the molecule is Cc1nc(N2CCOCC2)[nH]c(=O)c1CCC(=O)N(Cc1cccs1)CC1CCCO1. The number of rotatable bonds is 8. The molecule has 168 valence electrons. The molecule has 31 heavy (non-hydrogen) atoms. The second kappa shape index (κ2) is 10.4. The van der Waals surface area contributed by atoms with Gasteiger partial charge in [0.05, 0.1) is 25.9 Å². The number of anilines is 1. The standard InChI is InChI=1S/C22H30N4O4S/c1-16-19(21(28)24-22(23-16)25-8-11-29-12-9-25)6-7-20(27)26(14-17-4-2-10-30-17)15-18-5-3-13-31-18/h3,5,13,17H,2,4,6-12,14-15H2,1H3,(H,23,24,28). The molecular formula is C22H30N4O4S. The van der Waals surface area contributed by atoms with Gasteiger partial charge >= 0.3 is 0 Å². The number of thiophene rings is 1. The lowest BCUT2D eigenvalue weighted by Crippen LogP contribution is -2.39. The van der Waals surface area contributed by atoms with Crippen LogP contribution in [-0.4, -0.2) is 66.3 Å². The summed E-state index contributed by atoms with van der Waals surface area (Å²) in [4.78, 5) is 38.4. The van der Waals surface area contributed by atoms with Gasteiger partial charge in [0, 0.05) is 48.8 Å². The summed E-state index contributed by atoms with van der Waals surface area (Å²) >= 11 is 1.65. The van der Waals surface area contributed by atoms with Gasteiger partial charge in [-0.25, -0.2) is 4.98 Å². The van der Waals surface area contributed by atoms with Crippen molar-refractivity contribution < 1.29 is 14.3 Å². The molecule has 0 aromatic carbocycles. The van der Waals surface area contributed by atoms with Crippen LogP contribution in [0.1, 0.15) is 35.4 Å². The minimum absolute atomic E-state index is 0.0416. The number of carbonyl (C=O) groups is 1. The zero-order valence-electron chi connectivity index (χ0n) is 18.0. The van der Waals surface area contributed by atoms with Gasteiger partial charge in [-0.15, -0.1) is 11.3 Å². The number of hydrogen-bond donors (Lipinski definition) is 1. The number of H-pyrrole nitrogens is 1. The number of nitrogens with one attached hydrogen (secondary N) is 1. The zero-order chi connectivity index (χ0) is 21.6. The molecular weight excluding hydrogens is 416 g/mol. The van der Waals surface area contributed by atoms with E-state index in [9.17, 15) is 9.59 Å². The van der Waals surface area contributed by atoms with E-state index in [1.54, 1.807) is 11.3 Å². The second-order valence-electron chi connectivity index (χ2n) is 8.04. The summed E-state index contributed by atoms with van der Waals surface area (Å²) in [6.07, 6.45) is 2.79. The average molecular weight is 447 g/mol. The van der Waals surface area contributed by atoms with Gasteiger partial charge in [-0.3, -0.25) is 14.6 Å². The molecule has 1 amide bonds. The molecule has 1 N–H and O–H groups in total. The number of hydrogen-bond acceptors (Lipinski definition) is 7. The molecule has 2 aromatic heterocycles. The summed E-state index contributed by atoms with van der Waals surface area (Å²) in [5, 5.41) is 2.02. The molecule has 2 aliphatic heterocycles. The Labute approximate surface area is 186 Å².